The number of aromatic nitrogens is 4. The van der Waals surface area contributed by atoms with Crippen molar-refractivity contribution in [3.05, 3.63) is 53.2 Å². The second-order valence-electron chi connectivity index (χ2n) is 6.53. The molecule has 3 aromatic rings. The van der Waals surface area contributed by atoms with Crippen LogP contribution in [0.1, 0.15) is 28.9 Å². The molecule has 3 heterocycles. The molecular weight excluding hydrogens is 370 g/mol. The van der Waals surface area contributed by atoms with Crippen LogP contribution in [0.25, 0.3) is 11.2 Å². The highest BCUT2D eigenvalue weighted by Crippen LogP contribution is 2.18. The van der Waals surface area contributed by atoms with Crippen LogP contribution in [0, 0.1) is 11.6 Å². The first-order valence-electron chi connectivity index (χ1n) is 8.72. The minimum absolute atomic E-state index is 0.0144. The van der Waals surface area contributed by atoms with E-state index in [1.165, 1.54) is 17.0 Å². The molecule has 1 saturated heterocycles. The average molecular weight is 386 g/mol. The smallest absolute Gasteiger partial charge is 0.270 e. The fourth-order valence-electron chi connectivity index (χ4n) is 3.18. The maximum absolute atomic E-state index is 13.9. The number of carbonyl (C=O) groups excluding carboxylic acids is 2. The Balaban J connectivity index is 1.45. The number of pyridine rings is 1. The number of benzene rings is 1. The highest BCUT2D eigenvalue weighted by molar-refractivity contribution is 5.97. The molecule has 2 N–H and O–H groups in total. The maximum Gasteiger partial charge on any atom is 0.270 e. The predicted molar refractivity (Wildman–Crippen MR) is 93.9 cm³/mol. The summed E-state index contributed by atoms with van der Waals surface area (Å²) in [6.07, 6.45) is 1.12. The lowest BCUT2D eigenvalue weighted by Gasteiger charge is -2.32. The van der Waals surface area contributed by atoms with Crippen LogP contribution in [0.3, 0.4) is 0 Å². The number of hydrogen-bond donors (Lipinski definition) is 2. The summed E-state index contributed by atoms with van der Waals surface area (Å²) in [7, 11) is 0. The molecule has 0 spiro atoms. The molecule has 144 valence electrons. The molecule has 0 saturated carbocycles. The van der Waals surface area contributed by atoms with Crippen LogP contribution in [0.5, 0.6) is 0 Å². The highest BCUT2D eigenvalue weighted by Gasteiger charge is 2.31. The van der Waals surface area contributed by atoms with Gasteiger partial charge in [0.15, 0.2) is 0 Å². The number of carbonyl (C=O) groups is 2. The third-order valence-corrected chi connectivity index (χ3v) is 4.63. The number of hydrogen-bond acceptors (Lipinski definition) is 5. The lowest BCUT2D eigenvalue weighted by Crippen LogP contribution is -2.52. The van der Waals surface area contributed by atoms with Crippen LogP contribution >= 0.6 is 0 Å². The molecule has 1 atom stereocenters. The number of piperidine rings is 1. The van der Waals surface area contributed by atoms with E-state index in [0.717, 1.165) is 12.1 Å². The Hall–Kier alpha value is -3.43. The monoisotopic (exact) mass is 386 g/mol. The first kappa shape index (κ1) is 18.0. The third kappa shape index (κ3) is 3.53. The summed E-state index contributed by atoms with van der Waals surface area (Å²) in [5.74, 6) is -2.19. The Kier molecular flexibility index (Phi) is 4.68. The van der Waals surface area contributed by atoms with Gasteiger partial charge >= 0.3 is 0 Å². The summed E-state index contributed by atoms with van der Waals surface area (Å²) in [4.78, 5) is 30.8. The first-order valence-corrected chi connectivity index (χ1v) is 8.72. The van der Waals surface area contributed by atoms with E-state index in [9.17, 15) is 18.4 Å². The second-order valence-corrected chi connectivity index (χ2v) is 6.53. The van der Waals surface area contributed by atoms with Crippen molar-refractivity contribution in [3.63, 3.8) is 0 Å². The molecule has 10 heteroatoms. The van der Waals surface area contributed by atoms with Gasteiger partial charge in [0.2, 0.25) is 11.6 Å². The molecule has 4 rings (SSSR count). The Morgan fingerprint density at radius 3 is 2.93 bits per heavy atom. The average Bonchev–Trinajstić information content (AvgIpc) is 3.14. The number of halogens is 2. The van der Waals surface area contributed by atoms with Crippen LogP contribution in [0.15, 0.2) is 30.3 Å². The van der Waals surface area contributed by atoms with Crippen LogP contribution in [-0.4, -0.2) is 49.7 Å². The maximum atomic E-state index is 13.9. The van der Waals surface area contributed by atoms with E-state index >= 15 is 0 Å². The van der Waals surface area contributed by atoms with Crippen LogP contribution in [0.2, 0.25) is 0 Å². The van der Waals surface area contributed by atoms with E-state index in [1.807, 2.05) is 0 Å². The molecule has 0 bridgehead atoms. The third-order valence-electron chi connectivity index (χ3n) is 4.63. The van der Waals surface area contributed by atoms with Crippen molar-refractivity contribution < 1.29 is 18.4 Å². The molecule has 2 aromatic heterocycles. The molecule has 1 aliphatic heterocycles. The van der Waals surface area contributed by atoms with E-state index in [2.05, 4.69) is 25.7 Å². The lowest BCUT2D eigenvalue weighted by molar-refractivity contribution is -0.136. The van der Waals surface area contributed by atoms with Crippen molar-refractivity contribution in [2.24, 2.45) is 0 Å². The molecule has 28 heavy (non-hydrogen) atoms. The fourth-order valence-corrected chi connectivity index (χ4v) is 3.18. The summed E-state index contributed by atoms with van der Waals surface area (Å²) < 4.78 is 27.0. The number of rotatable bonds is 4. The van der Waals surface area contributed by atoms with Gasteiger partial charge in [-0.25, -0.2) is 13.8 Å². The number of likely N-dealkylation sites (tertiary alicyclic amines) is 1. The topological polar surface area (TPSA) is 104 Å². The lowest BCUT2D eigenvalue weighted by atomic mass is 10.0. The van der Waals surface area contributed by atoms with Crippen molar-refractivity contribution in [2.75, 3.05) is 6.54 Å². The number of fused-ring (bicyclic) bond motifs is 1. The molecular formula is C18H16F2N6O2. The Bertz CT molecular complexity index is 1050. The number of nitrogens with zero attached hydrogens (tertiary/aromatic N) is 4. The highest BCUT2D eigenvalue weighted by atomic mass is 19.1. The van der Waals surface area contributed by atoms with E-state index in [-0.39, 0.29) is 23.7 Å². The van der Waals surface area contributed by atoms with Gasteiger partial charge < -0.3 is 10.2 Å². The van der Waals surface area contributed by atoms with Crippen LogP contribution in [0.4, 0.5) is 8.78 Å². The summed E-state index contributed by atoms with van der Waals surface area (Å²) >= 11 is 0. The molecule has 1 aliphatic rings. The van der Waals surface area contributed by atoms with Gasteiger partial charge in [-0.2, -0.15) is 10.3 Å². The zero-order valence-electron chi connectivity index (χ0n) is 14.7. The van der Waals surface area contributed by atoms with Gasteiger partial charge in [-0.3, -0.25) is 9.59 Å². The SMILES string of the molecule is O=C(N[C@H]1CCCN(Cc2ccc(F)cc2F)C1=O)c1ccc2n[nH]nc2n1. The van der Waals surface area contributed by atoms with Gasteiger partial charge in [-0.1, -0.05) is 6.07 Å². The first-order chi connectivity index (χ1) is 13.5. The summed E-state index contributed by atoms with van der Waals surface area (Å²) in [5, 5.41) is 12.8. The van der Waals surface area contributed by atoms with Crippen LogP contribution < -0.4 is 5.32 Å². The van der Waals surface area contributed by atoms with Crippen molar-refractivity contribution in [1.29, 1.82) is 0 Å². The predicted octanol–water partition coefficient (Wildman–Crippen LogP) is 1.55. The van der Waals surface area contributed by atoms with Crippen molar-refractivity contribution in [3.8, 4) is 0 Å². The Labute approximate surface area is 157 Å². The Morgan fingerprint density at radius 2 is 2.11 bits per heavy atom. The van der Waals surface area contributed by atoms with E-state index in [1.54, 1.807) is 6.07 Å². The van der Waals surface area contributed by atoms with Gasteiger partial charge in [-0.05, 0) is 31.0 Å². The molecule has 1 aromatic carbocycles. The van der Waals surface area contributed by atoms with Gasteiger partial charge in [-0.15, -0.1) is 5.10 Å². The standard InChI is InChI=1S/C18H16F2N6O2/c19-11-4-3-10(12(20)8-11)9-26-7-1-2-15(18(26)28)22-17(27)14-6-5-13-16(21-14)24-25-23-13/h3-6,8,15H,1-2,7,9H2,(H,22,27)(H,21,23,24,25)/t15-/m0/s1. The normalized spacial score (nSPS) is 17.1. The summed E-state index contributed by atoms with van der Waals surface area (Å²) in [6.45, 7) is 0.450. The minimum atomic E-state index is -0.737. The molecule has 8 nitrogen and oxygen atoms in total. The summed E-state index contributed by atoms with van der Waals surface area (Å²) in [6, 6.07) is 5.62. The number of amides is 2. The summed E-state index contributed by atoms with van der Waals surface area (Å²) in [5.41, 5.74) is 1.17. The van der Waals surface area contributed by atoms with Gasteiger partial charge in [0.05, 0.1) is 0 Å². The fraction of sp³-hybridized carbons (Fsp3) is 0.278. The zero-order chi connectivity index (χ0) is 19.7. The van der Waals surface area contributed by atoms with E-state index in [4.69, 9.17) is 0 Å². The molecule has 0 aliphatic carbocycles. The van der Waals surface area contributed by atoms with Gasteiger partial charge in [0.1, 0.15) is 28.9 Å². The van der Waals surface area contributed by atoms with Gasteiger partial charge in [0.25, 0.3) is 5.91 Å². The zero-order valence-corrected chi connectivity index (χ0v) is 14.7. The van der Waals surface area contributed by atoms with Crippen molar-refractivity contribution in [1.82, 2.24) is 30.6 Å². The largest absolute Gasteiger partial charge is 0.339 e. The van der Waals surface area contributed by atoms with Crippen LogP contribution in [-0.2, 0) is 11.3 Å². The second kappa shape index (κ2) is 7.29. The number of H-pyrrole nitrogens is 1. The number of nitrogens with one attached hydrogen (secondary N) is 2. The van der Waals surface area contributed by atoms with E-state index < -0.39 is 23.6 Å². The molecule has 1 fully saturated rings. The van der Waals surface area contributed by atoms with Crippen molar-refractivity contribution >= 4 is 23.0 Å². The number of aromatic amines is 1. The Morgan fingerprint density at radius 1 is 1.25 bits per heavy atom. The van der Waals surface area contributed by atoms with Crippen molar-refractivity contribution in [2.45, 2.75) is 25.4 Å². The van der Waals surface area contributed by atoms with Gasteiger partial charge in [0, 0.05) is 24.7 Å². The molecule has 2 amide bonds. The van der Waals surface area contributed by atoms with E-state index in [0.29, 0.717) is 30.6 Å². The minimum Gasteiger partial charge on any atom is -0.339 e. The molecule has 0 radical (unpaired) electrons. The molecule has 0 unspecified atom stereocenters. The quantitative estimate of drug-likeness (QED) is 0.708.